The third-order valence-electron chi connectivity index (χ3n) is 4.96. The van der Waals surface area contributed by atoms with E-state index in [1.165, 1.54) is 24.3 Å². The number of nitrogens with one attached hydrogen (secondary N) is 2. The summed E-state index contributed by atoms with van der Waals surface area (Å²) in [5, 5.41) is 2.94. The molecule has 0 spiro atoms. The van der Waals surface area contributed by atoms with Gasteiger partial charge in [-0.1, -0.05) is 65.7 Å². The monoisotopic (exact) mass is 526 g/mol. The molecule has 0 heterocycles. The maximum atomic E-state index is 12.9. The van der Waals surface area contributed by atoms with Crippen molar-refractivity contribution >= 4 is 50.5 Å². The molecule has 0 saturated carbocycles. The zero-order valence-electron chi connectivity index (χ0n) is 18.2. The maximum absolute atomic E-state index is 12.9. The molecule has 0 aliphatic rings. The first-order valence-corrected chi connectivity index (χ1v) is 12.7. The summed E-state index contributed by atoms with van der Waals surface area (Å²) in [5.74, 6) is 0.209. The highest BCUT2D eigenvalue weighted by molar-refractivity contribution is 7.92. The first-order chi connectivity index (χ1) is 16.8. The number of carbonyl (C=O) groups is 1. The van der Waals surface area contributed by atoms with Crippen LogP contribution in [0.1, 0.15) is 15.9 Å². The standard InChI is InChI=1S/C26H20Cl2N2O4S/c27-22-8-4-5-9-24(22)30-35(32,33)25-16-20(12-15-23(25)28)29-26(31)19-10-13-21(14-11-19)34-17-18-6-2-1-3-7-18/h1-16,30H,17H2,(H,29,31). The van der Waals surface area contributed by atoms with Crippen molar-refractivity contribution < 1.29 is 17.9 Å². The first-order valence-electron chi connectivity index (χ1n) is 10.5. The van der Waals surface area contributed by atoms with Gasteiger partial charge >= 0.3 is 0 Å². The molecule has 0 aromatic heterocycles. The molecule has 4 aromatic carbocycles. The normalized spacial score (nSPS) is 11.0. The van der Waals surface area contributed by atoms with E-state index in [-0.39, 0.29) is 26.3 Å². The lowest BCUT2D eigenvalue weighted by Gasteiger charge is -2.13. The molecule has 9 heteroatoms. The van der Waals surface area contributed by atoms with Gasteiger partial charge in [0.15, 0.2) is 0 Å². The van der Waals surface area contributed by atoms with Crippen molar-refractivity contribution in [1.82, 2.24) is 0 Å². The van der Waals surface area contributed by atoms with Crippen LogP contribution in [0.5, 0.6) is 5.75 Å². The lowest BCUT2D eigenvalue weighted by atomic mass is 10.2. The van der Waals surface area contributed by atoms with E-state index in [0.29, 0.717) is 17.9 Å². The molecule has 0 radical (unpaired) electrons. The highest BCUT2D eigenvalue weighted by Crippen LogP contribution is 2.29. The fourth-order valence-corrected chi connectivity index (χ4v) is 5.02. The number of ether oxygens (including phenoxy) is 1. The summed E-state index contributed by atoms with van der Waals surface area (Å²) < 4.78 is 34.0. The van der Waals surface area contributed by atoms with Gasteiger partial charge in [0, 0.05) is 11.3 Å². The van der Waals surface area contributed by atoms with E-state index >= 15 is 0 Å². The minimum absolute atomic E-state index is 0.00229. The largest absolute Gasteiger partial charge is 0.489 e. The number of para-hydroxylation sites is 1. The average Bonchev–Trinajstić information content (AvgIpc) is 2.86. The van der Waals surface area contributed by atoms with Crippen molar-refractivity contribution in [3.05, 3.63) is 118 Å². The van der Waals surface area contributed by atoms with E-state index in [1.54, 1.807) is 42.5 Å². The predicted molar refractivity (Wildman–Crippen MR) is 139 cm³/mol. The van der Waals surface area contributed by atoms with Crippen LogP contribution in [0.2, 0.25) is 10.0 Å². The Hall–Kier alpha value is -3.52. The molecule has 1 amide bonds. The van der Waals surface area contributed by atoms with Crippen molar-refractivity contribution in [2.75, 3.05) is 10.0 Å². The summed E-state index contributed by atoms with van der Waals surface area (Å²) in [6.45, 7) is 0.413. The number of hydrogen-bond donors (Lipinski definition) is 2. The highest BCUT2D eigenvalue weighted by atomic mass is 35.5. The molecule has 0 fully saturated rings. The van der Waals surface area contributed by atoms with Crippen LogP contribution in [-0.2, 0) is 16.6 Å². The van der Waals surface area contributed by atoms with Gasteiger partial charge in [0.05, 0.1) is 15.7 Å². The van der Waals surface area contributed by atoms with Crippen molar-refractivity contribution in [3.63, 3.8) is 0 Å². The van der Waals surface area contributed by atoms with Crippen molar-refractivity contribution in [3.8, 4) is 5.75 Å². The summed E-state index contributed by atoms with van der Waals surface area (Å²) in [5.41, 5.74) is 1.90. The number of carbonyl (C=O) groups excluding carboxylic acids is 1. The van der Waals surface area contributed by atoms with E-state index in [2.05, 4.69) is 10.0 Å². The molecule has 4 rings (SSSR count). The smallest absolute Gasteiger partial charge is 0.263 e. The van der Waals surface area contributed by atoms with Gasteiger partial charge in [0.1, 0.15) is 17.3 Å². The molecule has 4 aromatic rings. The molecule has 0 aliphatic heterocycles. The first kappa shape index (κ1) is 24.6. The lowest BCUT2D eigenvalue weighted by Crippen LogP contribution is -2.16. The molecule has 2 N–H and O–H groups in total. The van der Waals surface area contributed by atoms with E-state index in [4.69, 9.17) is 27.9 Å². The summed E-state index contributed by atoms with van der Waals surface area (Å²) in [4.78, 5) is 12.5. The van der Waals surface area contributed by atoms with Gasteiger partial charge in [-0.2, -0.15) is 0 Å². The average molecular weight is 527 g/mol. The minimum atomic E-state index is -4.06. The van der Waals surface area contributed by atoms with Crippen molar-refractivity contribution in [2.45, 2.75) is 11.5 Å². The Morgan fingerprint density at radius 3 is 2.20 bits per heavy atom. The van der Waals surface area contributed by atoms with E-state index in [9.17, 15) is 13.2 Å². The molecule has 35 heavy (non-hydrogen) atoms. The fraction of sp³-hybridized carbons (Fsp3) is 0.0385. The second-order valence-corrected chi connectivity index (χ2v) is 9.95. The molecule has 178 valence electrons. The zero-order valence-corrected chi connectivity index (χ0v) is 20.6. The van der Waals surface area contributed by atoms with Crippen LogP contribution in [0.25, 0.3) is 0 Å². The van der Waals surface area contributed by atoms with Gasteiger partial charge < -0.3 is 10.1 Å². The number of anilines is 2. The molecule has 0 bridgehead atoms. The van der Waals surface area contributed by atoms with Crippen LogP contribution in [0.3, 0.4) is 0 Å². The fourth-order valence-electron chi connectivity index (χ4n) is 3.18. The lowest BCUT2D eigenvalue weighted by molar-refractivity contribution is 0.102. The third kappa shape index (κ3) is 6.33. The molecule has 0 atom stereocenters. The van der Waals surface area contributed by atoms with E-state index < -0.39 is 15.9 Å². The van der Waals surface area contributed by atoms with Crippen LogP contribution >= 0.6 is 23.2 Å². The quantitative estimate of drug-likeness (QED) is 0.270. The summed E-state index contributed by atoms with van der Waals surface area (Å²) in [6.07, 6.45) is 0. The molecular weight excluding hydrogens is 507 g/mol. The number of hydrogen-bond acceptors (Lipinski definition) is 4. The molecule has 0 saturated heterocycles. The summed E-state index contributed by atoms with van der Waals surface area (Å²) >= 11 is 12.2. The summed E-state index contributed by atoms with van der Waals surface area (Å²) in [6, 6.07) is 27.0. The number of benzene rings is 4. The van der Waals surface area contributed by atoms with Crippen LogP contribution in [0.4, 0.5) is 11.4 Å². The molecule has 0 aliphatic carbocycles. The van der Waals surface area contributed by atoms with Crippen molar-refractivity contribution in [1.29, 1.82) is 0 Å². The number of rotatable bonds is 8. The Balaban J connectivity index is 1.45. The zero-order chi connectivity index (χ0) is 24.8. The number of halogens is 2. The molecule has 6 nitrogen and oxygen atoms in total. The van der Waals surface area contributed by atoms with Crippen LogP contribution < -0.4 is 14.8 Å². The van der Waals surface area contributed by atoms with Gasteiger partial charge in [-0.3, -0.25) is 9.52 Å². The Kier molecular flexibility index (Phi) is 7.60. The molecular formula is C26H20Cl2N2O4S. The van der Waals surface area contributed by atoms with Gasteiger partial charge in [-0.25, -0.2) is 8.42 Å². The van der Waals surface area contributed by atoms with Gasteiger partial charge in [-0.05, 0) is 60.2 Å². The van der Waals surface area contributed by atoms with Gasteiger partial charge in [0.25, 0.3) is 15.9 Å². The Morgan fingerprint density at radius 2 is 1.49 bits per heavy atom. The van der Waals surface area contributed by atoms with Crippen LogP contribution in [-0.4, -0.2) is 14.3 Å². The third-order valence-corrected chi connectivity index (χ3v) is 7.14. The second-order valence-electron chi connectivity index (χ2n) is 7.48. The number of amides is 1. The SMILES string of the molecule is O=C(Nc1ccc(Cl)c(S(=O)(=O)Nc2ccccc2Cl)c1)c1ccc(OCc2ccccc2)cc1. The van der Waals surface area contributed by atoms with Crippen LogP contribution in [0.15, 0.2) is 102 Å². The van der Waals surface area contributed by atoms with Gasteiger partial charge in [0.2, 0.25) is 0 Å². The topological polar surface area (TPSA) is 84.5 Å². The molecule has 0 unspecified atom stereocenters. The minimum Gasteiger partial charge on any atom is -0.489 e. The Bertz CT molecular complexity index is 1440. The van der Waals surface area contributed by atoms with E-state index in [0.717, 1.165) is 5.56 Å². The van der Waals surface area contributed by atoms with Gasteiger partial charge in [-0.15, -0.1) is 0 Å². The Morgan fingerprint density at radius 1 is 0.800 bits per heavy atom. The predicted octanol–water partition coefficient (Wildman–Crippen LogP) is 6.63. The van der Waals surface area contributed by atoms with Crippen molar-refractivity contribution in [2.24, 2.45) is 0 Å². The summed E-state index contributed by atoms with van der Waals surface area (Å²) in [7, 11) is -4.06. The second kappa shape index (κ2) is 10.8. The Labute approximate surface area is 213 Å². The number of sulfonamides is 1. The van der Waals surface area contributed by atoms with Crippen LogP contribution in [0, 0.1) is 0 Å². The maximum Gasteiger partial charge on any atom is 0.263 e. The highest BCUT2D eigenvalue weighted by Gasteiger charge is 2.20. The van der Waals surface area contributed by atoms with E-state index in [1.807, 2.05) is 30.3 Å².